The third-order valence-electron chi connectivity index (χ3n) is 3.84. The quantitative estimate of drug-likeness (QED) is 0.787. The molecule has 0 saturated heterocycles. The normalized spacial score (nSPS) is 17.8. The second-order valence-electron chi connectivity index (χ2n) is 5.10. The van der Waals surface area contributed by atoms with Gasteiger partial charge in [0.2, 0.25) is 6.79 Å². The second kappa shape index (κ2) is 5.06. The Kier molecular flexibility index (Phi) is 3.28. The van der Waals surface area contributed by atoms with E-state index in [9.17, 15) is 5.11 Å². The number of nitrogens with one attached hydrogen (secondary N) is 1. The van der Waals surface area contributed by atoms with Crippen LogP contribution >= 0.6 is 0 Å². The summed E-state index contributed by atoms with van der Waals surface area (Å²) in [6.07, 6.45) is 5.41. The van der Waals surface area contributed by atoms with Gasteiger partial charge in [-0.1, -0.05) is 19.3 Å². The number of aromatic hydroxyl groups is 1. The number of hydrogen-bond donors (Lipinski definition) is 2. The van der Waals surface area contributed by atoms with Crippen LogP contribution in [-0.2, 0) is 6.54 Å². The average Bonchev–Trinajstić information content (AvgIpc) is 2.73. The van der Waals surface area contributed by atoms with E-state index in [-0.39, 0.29) is 12.5 Å². The molecule has 0 radical (unpaired) electrons. The lowest BCUT2D eigenvalue weighted by Gasteiger charge is -2.25. The lowest BCUT2D eigenvalue weighted by Crippen LogP contribution is -2.21. The van der Waals surface area contributed by atoms with Crippen LogP contribution in [0, 0.1) is 5.92 Å². The van der Waals surface area contributed by atoms with Crippen molar-refractivity contribution < 1.29 is 14.6 Å². The monoisotopic (exact) mass is 249 g/mol. The Morgan fingerprint density at radius 3 is 2.72 bits per heavy atom. The smallest absolute Gasteiger partial charge is 0.231 e. The predicted octanol–water partition coefficient (Wildman–Crippen LogP) is 2.40. The fraction of sp³-hybridized carbons (Fsp3) is 0.571. The van der Waals surface area contributed by atoms with Crippen molar-refractivity contribution in [2.24, 2.45) is 5.92 Å². The molecule has 0 spiro atoms. The molecule has 18 heavy (non-hydrogen) atoms. The second-order valence-corrected chi connectivity index (χ2v) is 5.10. The van der Waals surface area contributed by atoms with Crippen molar-refractivity contribution in [2.75, 3.05) is 13.3 Å². The maximum Gasteiger partial charge on any atom is 0.231 e. The summed E-state index contributed by atoms with van der Waals surface area (Å²) >= 11 is 0. The molecule has 0 atom stereocenters. The van der Waals surface area contributed by atoms with Gasteiger partial charge in [-0.3, -0.25) is 0 Å². The molecule has 2 aliphatic rings. The van der Waals surface area contributed by atoms with E-state index in [0.717, 1.165) is 23.8 Å². The first-order valence-electron chi connectivity index (χ1n) is 6.65. The summed E-state index contributed by atoms with van der Waals surface area (Å²) in [5.74, 6) is 2.55. The van der Waals surface area contributed by atoms with Crippen molar-refractivity contribution in [3.8, 4) is 17.2 Å². The summed E-state index contributed by atoms with van der Waals surface area (Å²) in [5.41, 5.74) is 0.868. The van der Waals surface area contributed by atoms with E-state index in [1.807, 2.05) is 6.07 Å². The van der Waals surface area contributed by atoms with Gasteiger partial charge in [0.15, 0.2) is 11.5 Å². The molecule has 3 rings (SSSR count). The molecule has 4 nitrogen and oxygen atoms in total. The zero-order valence-electron chi connectivity index (χ0n) is 10.4. The molecule has 0 bridgehead atoms. The molecule has 1 fully saturated rings. The molecule has 0 unspecified atom stereocenters. The molecule has 98 valence electrons. The van der Waals surface area contributed by atoms with Gasteiger partial charge < -0.3 is 19.9 Å². The van der Waals surface area contributed by atoms with E-state index in [2.05, 4.69) is 5.32 Å². The van der Waals surface area contributed by atoms with Crippen molar-refractivity contribution in [1.29, 1.82) is 0 Å². The Bertz CT molecular complexity index is 429. The van der Waals surface area contributed by atoms with E-state index < -0.39 is 0 Å². The van der Waals surface area contributed by atoms with E-state index in [1.165, 1.54) is 25.7 Å². The van der Waals surface area contributed by atoms with E-state index in [0.29, 0.717) is 12.3 Å². The number of phenolic OH excluding ortho intramolecular Hbond substituents is 1. The summed E-state index contributed by atoms with van der Waals surface area (Å²) in [4.78, 5) is 0. The molecule has 1 aliphatic heterocycles. The zero-order chi connectivity index (χ0) is 12.4. The van der Waals surface area contributed by atoms with Crippen molar-refractivity contribution in [3.05, 3.63) is 17.7 Å². The van der Waals surface area contributed by atoms with E-state index >= 15 is 0 Å². The van der Waals surface area contributed by atoms with Crippen molar-refractivity contribution in [3.63, 3.8) is 0 Å². The minimum absolute atomic E-state index is 0.243. The van der Waals surface area contributed by atoms with Gasteiger partial charge in [-0.05, 0) is 24.9 Å². The average molecular weight is 249 g/mol. The van der Waals surface area contributed by atoms with Crippen LogP contribution in [0.15, 0.2) is 12.1 Å². The molecule has 4 heteroatoms. The molecule has 1 aromatic rings. The van der Waals surface area contributed by atoms with Gasteiger partial charge in [0, 0.05) is 18.2 Å². The number of ether oxygens (including phenoxy) is 2. The Hall–Kier alpha value is -1.42. The highest BCUT2D eigenvalue weighted by Gasteiger charge is 2.18. The first-order valence-corrected chi connectivity index (χ1v) is 6.65. The van der Waals surface area contributed by atoms with Gasteiger partial charge in [-0.25, -0.2) is 0 Å². The lowest BCUT2D eigenvalue weighted by molar-refractivity contribution is 0.174. The summed E-state index contributed by atoms with van der Waals surface area (Å²) in [6, 6.07) is 3.49. The number of hydrogen-bond acceptors (Lipinski definition) is 4. The fourth-order valence-electron chi connectivity index (χ4n) is 2.43. The van der Waals surface area contributed by atoms with Gasteiger partial charge in [-0.15, -0.1) is 0 Å². The topological polar surface area (TPSA) is 50.7 Å². The van der Waals surface area contributed by atoms with Crippen molar-refractivity contribution in [1.82, 2.24) is 5.32 Å². The number of phenols is 1. The van der Waals surface area contributed by atoms with Crippen LogP contribution in [0.2, 0.25) is 0 Å². The predicted molar refractivity (Wildman–Crippen MR) is 67.9 cm³/mol. The van der Waals surface area contributed by atoms with Crippen LogP contribution in [0.5, 0.6) is 17.2 Å². The molecule has 1 saturated carbocycles. The maximum atomic E-state index is 9.86. The fourth-order valence-corrected chi connectivity index (χ4v) is 2.43. The van der Waals surface area contributed by atoms with Gasteiger partial charge in [-0.2, -0.15) is 0 Å². The van der Waals surface area contributed by atoms with Gasteiger partial charge in [0.25, 0.3) is 0 Å². The van der Waals surface area contributed by atoms with Gasteiger partial charge in [0.05, 0.1) is 0 Å². The molecular weight excluding hydrogens is 230 g/mol. The van der Waals surface area contributed by atoms with Crippen molar-refractivity contribution >= 4 is 0 Å². The van der Waals surface area contributed by atoms with Gasteiger partial charge in [0.1, 0.15) is 5.75 Å². The van der Waals surface area contributed by atoms with E-state index in [1.54, 1.807) is 6.07 Å². The summed E-state index contributed by atoms with van der Waals surface area (Å²) in [6.45, 7) is 1.93. The minimum atomic E-state index is 0.243. The first kappa shape index (κ1) is 11.7. The Labute approximate surface area is 107 Å². The Morgan fingerprint density at radius 2 is 2.00 bits per heavy atom. The molecular formula is C14H19NO3. The summed E-state index contributed by atoms with van der Waals surface area (Å²) in [7, 11) is 0. The van der Waals surface area contributed by atoms with Gasteiger partial charge >= 0.3 is 0 Å². The highest BCUT2D eigenvalue weighted by molar-refractivity contribution is 5.51. The third kappa shape index (κ3) is 2.38. The Balaban J connectivity index is 1.52. The molecule has 1 aromatic carbocycles. The minimum Gasteiger partial charge on any atom is -0.507 e. The maximum absolute atomic E-state index is 9.86. The largest absolute Gasteiger partial charge is 0.507 e. The van der Waals surface area contributed by atoms with Crippen LogP contribution in [-0.4, -0.2) is 18.4 Å². The lowest BCUT2D eigenvalue weighted by atomic mass is 9.83. The van der Waals surface area contributed by atoms with Crippen molar-refractivity contribution in [2.45, 2.75) is 32.2 Å². The standard InChI is InChI=1S/C14H19NO3/c16-12-7-14-13(17-9-18-14)6-11(12)8-15-5-4-10-2-1-3-10/h6-7,10,15-16H,1-5,8-9H2. The van der Waals surface area contributed by atoms with Crippen LogP contribution in [0.4, 0.5) is 0 Å². The van der Waals surface area contributed by atoms with Crippen LogP contribution in [0.3, 0.4) is 0 Å². The molecule has 0 amide bonds. The highest BCUT2D eigenvalue weighted by atomic mass is 16.7. The first-order chi connectivity index (χ1) is 8.83. The van der Waals surface area contributed by atoms with Crippen LogP contribution in [0.1, 0.15) is 31.2 Å². The highest BCUT2D eigenvalue weighted by Crippen LogP contribution is 2.37. The third-order valence-corrected chi connectivity index (χ3v) is 3.84. The number of rotatable bonds is 5. The molecule has 1 aliphatic carbocycles. The SMILES string of the molecule is Oc1cc2c(cc1CNCCC1CCC1)OCO2. The van der Waals surface area contributed by atoms with Crippen LogP contribution < -0.4 is 14.8 Å². The van der Waals surface area contributed by atoms with E-state index in [4.69, 9.17) is 9.47 Å². The number of benzene rings is 1. The molecule has 1 heterocycles. The summed E-state index contributed by atoms with van der Waals surface area (Å²) < 4.78 is 10.5. The van der Waals surface area contributed by atoms with Crippen LogP contribution in [0.25, 0.3) is 0 Å². The Morgan fingerprint density at radius 1 is 1.22 bits per heavy atom. The summed E-state index contributed by atoms with van der Waals surface area (Å²) in [5, 5.41) is 13.2. The molecule has 0 aromatic heterocycles. The number of fused-ring (bicyclic) bond motifs is 1. The zero-order valence-corrected chi connectivity index (χ0v) is 10.4. The molecule has 2 N–H and O–H groups in total.